The van der Waals surface area contributed by atoms with Gasteiger partial charge in [0.05, 0.1) is 36.9 Å². The molecule has 1 amide bonds. The number of ether oxygens (including phenoxy) is 1. The molecule has 3 aromatic carbocycles. The van der Waals surface area contributed by atoms with Gasteiger partial charge < -0.3 is 4.74 Å². The number of amides is 1. The fraction of sp³-hybridized carbons (Fsp3) is 0.214. The van der Waals surface area contributed by atoms with E-state index in [1.54, 1.807) is 11.3 Å². The fourth-order valence-electron chi connectivity index (χ4n) is 4.07. The van der Waals surface area contributed by atoms with Crippen LogP contribution in [0.15, 0.2) is 91.0 Å². The first kappa shape index (κ1) is 22.5. The molecule has 5 rings (SSSR count). The third kappa shape index (κ3) is 5.25. The molecule has 0 unspecified atom stereocenters. The molecule has 1 aromatic heterocycles. The molecule has 0 bridgehead atoms. The molecular formula is C28H27N3O2S. The van der Waals surface area contributed by atoms with E-state index in [1.807, 2.05) is 59.5 Å². The van der Waals surface area contributed by atoms with Gasteiger partial charge in [0.2, 0.25) is 5.91 Å². The Balaban J connectivity index is 1.54. The number of thiazole rings is 1. The highest BCUT2D eigenvalue weighted by Gasteiger charge is 2.25. The number of carbonyl (C=O) groups excluding carboxylic acids is 1. The molecule has 34 heavy (non-hydrogen) atoms. The molecular weight excluding hydrogens is 442 g/mol. The summed E-state index contributed by atoms with van der Waals surface area (Å²) in [5, 5.41) is 0.722. The zero-order valence-corrected chi connectivity index (χ0v) is 19.8. The summed E-state index contributed by atoms with van der Waals surface area (Å²) < 4.78 is 5.46. The van der Waals surface area contributed by atoms with Crippen LogP contribution < -0.4 is 4.90 Å². The van der Waals surface area contributed by atoms with Gasteiger partial charge in [0.25, 0.3) is 0 Å². The fourth-order valence-corrected chi connectivity index (χ4v) is 5.18. The van der Waals surface area contributed by atoms with Crippen molar-refractivity contribution >= 4 is 22.4 Å². The minimum Gasteiger partial charge on any atom is -0.379 e. The molecule has 0 spiro atoms. The minimum absolute atomic E-state index is 0.0544. The molecule has 1 aliphatic heterocycles. The molecule has 6 heteroatoms. The van der Waals surface area contributed by atoms with E-state index in [-0.39, 0.29) is 5.91 Å². The molecule has 1 aliphatic rings. The predicted octanol–water partition coefficient (Wildman–Crippen LogP) is 5.34. The normalized spacial score (nSPS) is 14.1. The summed E-state index contributed by atoms with van der Waals surface area (Å²) in [4.78, 5) is 23.7. The monoisotopic (exact) mass is 469 g/mol. The van der Waals surface area contributed by atoms with E-state index < -0.39 is 0 Å². The van der Waals surface area contributed by atoms with E-state index in [2.05, 4.69) is 41.3 Å². The summed E-state index contributed by atoms with van der Waals surface area (Å²) in [6.07, 6.45) is 0. The van der Waals surface area contributed by atoms with Crippen molar-refractivity contribution in [2.75, 3.05) is 37.7 Å². The summed E-state index contributed by atoms with van der Waals surface area (Å²) in [5.74, 6) is 0.0544. The molecule has 0 saturated carbocycles. The van der Waals surface area contributed by atoms with Gasteiger partial charge in [-0.3, -0.25) is 14.6 Å². The lowest BCUT2D eigenvalue weighted by Crippen LogP contribution is -2.44. The van der Waals surface area contributed by atoms with Crippen LogP contribution in [-0.4, -0.2) is 48.6 Å². The Labute approximate surface area is 204 Å². The zero-order valence-electron chi connectivity index (χ0n) is 19.0. The maximum Gasteiger partial charge on any atom is 0.243 e. The number of nitrogens with zero attached hydrogens (tertiary/aromatic N) is 3. The van der Waals surface area contributed by atoms with Gasteiger partial charge in [-0.2, -0.15) is 0 Å². The van der Waals surface area contributed by atoms with Gasteiger partial charge in [-0.25, -0.2) is 4.98 Å². The van der Waals surface area contributed by atoms with Crippen molar-refractivity contribution in [1.82, 2.24) is 9.88 Å². The number of hydrogen-bond donors (Lipinski definition) is 0. The van der Waals surface area contributed by atoms with Crippen LogP contribution in [0.4, 0.5) is 5.13 Å². The Bertz CT molecular complexity index is 1150. The van der Waals surface area contributed by atoms with Gasteiger partial charge in [-0.15, -0.1) is 0 Å². The number of benzene rings is 3. The molecule has 5 nitrogen and oxygen atoms in total. The quantitative estimate of drug-likeness (QED) is 0.366. The van der Waals surface area contributed by atoms with Crippen molar-refractivity contribution in [2.24, 2.45) is 0 Å². The van der Waals surface area contributed by atoms with Gasteiger partial charge in [-0.1, -0.05) is 102 Å². The smallest absolute Gasteiger partial charge is 0.243 e. The largest absolute Gasteiger partial charge is 0.379 e. The molecule has 0 atom stereocenters. The first-order chi connectivity index (χ1) is 16.8. The second-order valence-corrected chi connectivity index (χ2v) is 9.24. The van der Waals surface area contributed by atoms with Crippen LogP contribution in [0, 0.1) is 0 Å². The van der Waals surface area contributed by atoms with Gasteiger partial charge in [0, 0.05) is 18.7 Å². The van der Waals surface area contributed by atoms with Crippen LogP contribution in [0.1, 0.15) is 5.56 Å². The van der Waals surface area contributed by atoms with E-state index in [0.717, 1.165) is 45.5 Å². The van der Waals surface area contributed by atoms with Crippen molar-refractivity contribution in [3.63, 3.8) is 0 Å². The molecule has 0 aliphatic carbocycles. The Morgan fingerprint density at radius 1 is 0.853 bits per heavy atom. The van der Waals surface area contributed by atoms with Crippen molar-refractivity contribution < 1.29 is 9.53 Å². The van der Waals surface area contributed by atoms with E-state index >= 15 is 0 Å². The predicted molar refractivity (Wildman–Crippen MR) is 138 cm³/mol. The van der Waals surface area contributed by atoms with Gasteiger partial charge >= 0.3 is 0 Å². The van der Waals surface area contributed by atoms with E-state index in [9.17, 15) is 4.79 Å². The minimum atomic E-state index is 0.0544. The summed E-state index contributed by atoms with van der Waals surface area (Å²) in [6.45, 7) is 3.72. The molecule has 1 saturated heterocycles. The number of hydrogen-bond acceptors (Lipinski definition) is 5. The van der Waals surface area contributed by atoms with Crippen LogP contribution in [0.3, 0.4) is 0 Å². The van der Waals surface area contributed by atoms with Gasteiger partial charge in [0.1, 0.15) is 0 Å². The van der Waals surface area contributed by atoms with Crippen LogP contribution in [0.25, 0.3) is 21.7 Å². The maximum absolute atomic E-state index is 13.6. The molecule has 4 aromatic rings. The third-order valence-electron chi connectivity index (χ3n) is 5.88. The molecule has 0 N–H and O–H groups in total. The summed E-state index contributed by atoms with van der Waals surface area (Å²) in [6, 6.07) is 30.6. The van der Waals surface area contributed by atoms with Crippen LogP contribution >= 0.6 is 11.3 Å². The molecule has 172 valence electrons. The van der Waals surface area contributed by atoms with Crippen molar-refractivity contribution in [2.45, 2.75) is 6.54 Å². The van der Waals surface area contributed by atoms with Gasteiger partial charge in [0.15, 0.2) is 5.13 Å². The number of aromatic nitrogens is 1. The lowest BCUT2D eigenvalue weighted by molar-refractivity contribution is -0.120. The highest BCUT2D eigenvalue weighted by atomic mass is 32.1. The topological polar surface area (TPSA) is 45.7 Å². The molecule has 1 fully saturated rings. The van der Waals surface area contributed by atoms with Gasteiger partial charge in [-0.05, 0) is 11.1 Å². The Morgan fingerprint density at radius 3 is 2.09 bits per heavy atom. The number of rotatable bonds is 7. The number of anilines is 1. The lowest BCUT2D eigenvalue weighted by Gasteiger charge is -2.28. The Morgan fingerprint density at radius 2 is 1.44 bits per heavy atom. The highest BCUT2D eigenvalue weighted by Crippen LogP contribution is 2.40. The highest BCUT2D eigenvalue weighted by molar-refractivity contribution is 7.19. The second-order valence-electron chi connectivity index (χ2n) is 8.26. The molecule has 2 heterocycles. The summed E-state index contributed by atoms with van der Waals surface area (Å²) >= 11 is 1.58. The van der Waals surface area contributed by atoms with E-state index in [0.29, 0.717) is 26.3 Å². The lowest BCUT2D eigenvalue weighted by atomic mass is 10.1. The SMILES string of the molecule is O=C(CN1CCOCC1)N(Cc1ccccc1)c1nc(-c2ccccc2)c(-c2ccccc2)s1. The van der Waals surface area contributed by atoms with Crippen molar-refractivity contribution in [3.8, 4) is 21.7 Å². The van der Waals surface area contributed by atoms with E-state index in [4.69, 9.17) is 9.72 Å². The zero-order chi connectivity index (χ0) is 23.2. The summed E-state index contributed by atoms with van der Waals surface area (Å²) in [7, 11) is 0. The number of morpholine rings is 1. The summed E-state index contributed by atoms with van der Waals surface area (Å²) in [5.41, 5.74) is 4.13. The Kier molecular flexibility index (Phi) is 7.10. The van der Waals surface area contributed by atoms with E-state index in [1.165, 1.54) is 0 Å². The molecule has 0 radical (unpaired) electrons. The Hall–Kier alpha value is -3.32. The average molecular weight is 470 g/mol. The van der Waals surface area contributed by atoms with Crippen LogP contribution in [0.5, 0.6) is 0 Å². The first-order valence-corrected chi connectivity index (χ1v) is 12.4. The van der Waals surface area contributed by atoms with Crippen LogP contribution in [-0.2, 0) is 16.1 Å². The third-order valence-corrected chi connectivity index (χ3v) is 7.00. The average Bonchev–Trinajstić information content (AvgIpc) is 3.35. The maximum atomic E-state index is 13.6. The number of carbonyl (C=O) groups is 1. The van der Waals surface area contributed by atoms with Crippen molar-refractivity contribution in [1.29, 1.82) is 0 Å². The standard InChI is InChI=1S/C28H27N3O2S/c32-25(21-30-16-18-33-19-17-30)31(20-22-10-4-1-5-11-22)28-29-26(23-12-6-2-7-13-23)27(34-28)24-14-8-3-9-15-24/h1-15H,16-21H2. The van der Waals surface area contributed by atoms with Crippen LogP contribution in [0.2, 0.25) is 0 Å². The first-order valence-electron chi connectivity index (χ1n) is 11.5. The second kappa shape index (κ2) is 10.7. The van der Waals surface area contributed by atoms with Crippen molar-refractivity contribution in [3.05, 3.63) is 96.6 Å².